The zero-order valence-corrected chi connectivity index (χ0v) is 19.2. The van der Waals surface area contributed by atoms with Crippen molar-refractivity contribution < 1.29 is 4.74 Å². The number of rotatable bonds is 7. The van der Waals surface area contributed by atoms with Gasteiger partial charge in [-0.25, -0.2) is 9.67 Å². The van der Waals surface area contributed by atoms with Crippen LogP contribution in [0.15, 0.2) is 54.6 Å². The van der Waals surface area contributed by atoms with E-state index in [4.69, 9.17) is 25.5 Å². The molecule has 2 aromatic heterocycles. The Morgan fingerprint density at radius 3 is 2.58 bits per heavy atom. The van der Waals surface area contributed by atoms with Gasteiger partial charge in [-0.1, -0.05) is 68.4 Å². The summed E-state index contributed by atoms with van der Waals surface area (Å²) in [6, 6.07) is 18.7. The zero-order valence-electron chi connectivity index (χ0n) is 19.2. The molecule has 4 aromatic rings. The molecule has 2 aromatic carbocycles. The van der Waals surface area contributed by atoms with Crippen molar-refractivity contribution >= 4 is 22.8 Å². The number of hydrogen-bond acceptors (Lipinski definition) is 6. The van der Waals surface area contributed by atoms with Gasteiger partial charge in [-0.15, -0.1) is 5.10 Å². The summed E-state index contributed by atoms with van der Waals surface area (Å²) in [5.74, 6) is 1.58. The van der Waals surface area contributed by atoms with E-state index in [0.717, 1.165) is 41.7 Å². The van der Waals surface area contributed by atoms with E-state index in [0.29, 0.717) is 36.4 Å². The molecule has 7 heteroatoms. The van der Waals surface area contributed by atoms with Crippen molar-refractivity contribution in [1.82, 2.24) is 19.7 Å². The molecule has 0 spiro atoms. The van der Waals surface area contributed by atoms with Gasteiger partial charge in [-0.3, -0.25) is 0 Å². The van der Waals surface area contributed by atoms with Crippen LogP contribution in [0.3, 0.4) is 0 Å². The lowest BCUT2D eigenvalue weighted by atomic mass is 10.00. The highest BCUT2D eigenvalue weighted by molar-refractivity contribution is 5.99. The molecule has 0 amide bonds. The molecule has 0 saturated carbocycles. The van der Waals surface area contributed by atoms with Crippen LogP contribution in [-0.4, -0.2) is 39.0 Å². The molecule has 170 valence electrons. The van der Waals surface area contributed by atoms with Gasteiger partial charge in [0, 0.05) is 18.7 Å². The Labute approximate surface area is 194 Å². The molecule has 0 radical (unpaired) electrons. The average molecular weight is 443 g/mol. The highest BCUT2D eigenvalue weighted by atomic mass is 16.5. The van der Waals surface area contributed by atoms with E-state index in [1.807, 2.05) is 22.9 Å². The molecule has 7 nitrogen and oxygen atoms in total. The van der Waals surface area contributed by atoms with Crippen molar-refractivity contribution in [3.8, 4) is 11.3 Å². The summed E-state index contributed by atoms with van der Waals surface area (Å²) in [7, 11) is 0. The van der Waals surface area contributed by atoms with E-state index in [1.54, 1.807) is 0 Å². The Hall–Kier alpha value is -3.45. The van der Waals surface area contributed by atoms with Crippen molar-refractivity contribution in [3.63, 3.8) is 0 Å². The van der Waals surface area contributed by atoms with Crippen LogP contribution >= 0.6 is 0 Å². The van der Waals surface area contributed by atoms with Crippen LogP contribution in [0.4, 0.5) is 11.8 Å². The second kappa shape index (κ2) is 9.19. The van der Waals surface area contributed by atoms with Crippen LogP contribution < -0.4 is 11.1 Å². The summed E-state index contributed by atoms with van der Waals surface area (Å²) in [5.41, 5.74) is 11.4. The molecule has 0 aliphatic carbocycles. The second-order valence-electron chi connectivity index (χ2n) is 8.92. The lowest BCUT2D eigenvalue weighted by Crippen LogP contribution is -2.19. The number of hydrogen-bond donors (Lipinski definition) is 2. The molecular weight excluding hydrogens is 412 g/mol. The van der Waals surface area contributed by atoms with Gasteiger partial charge in [0.25, 0.3) is 0 Å². The van der Waals surface area contributed by atoms with Gasteiger partial charge in [0.2, 0.25) is 5.95 Å². The molecule has 3 heterocycles. The van der Waals surface area contributed by atoms with Crippen LogP contribution in [0, 0.1) is 0 Å². The van der Waals surface area contributed by atoms with Crippen LogP contribution in [0.25, 0.3) is 22.3 Å². The maximum atomic E-state index is 6.61. The number of anilines is 2. The van der Waals surface area contributed by atoms with Gasteiger partial charge >= 0.3 is 0 Å². The molecule has 1 aliphatic heterocycles. The quantitative estimate of drug-likeness (QED) is 0.426. The first-order valence-corrected chi connectivity index (χ1v) is 11.6. The standard InChI is InChI=1S/C26H30N6O/c1-17(2)19-10-12-20(13-11-19)23-22-24(27)32(16-18-7-4-3-5-8-18)31-25(22)30-26(29-23)28-15-21-9-6-14-33-21/h3-5,7-8,10-13,17,21H,6,9,14-16,27H2,1-2H3,(H,28,30,31)/t21-/m0/s1. The molecule has 1 fully saturated rings. The van der Waals surface area contributed by atoms with Crippen molar-refractivity contribution in [2.24, 2.45) is 0 Å². The molecule has 0 bridgehead atoms. The van der Waals surface area contributed by atoms with Crippen molar-refractivity contribution in [3.05, 3.63) is 65.7 Å². The third-order valence-electron chi connectivity index (χ3n) is 6.18. The molecule has 1 aliphatic rings. The summed E-state index contributed by atoms with van der Waals surface area (Å²) < 4.78 is 7.55. The first-order valence-electron chi connectivity index (χ1n) is 11.6. The molecular formula is C26H30N6O. The first kappa shape index (κ1) is 21.4. The highest BCUT2D eigenvalue weighted by Crippen LogP contribution is 2.32. The number of nitrogens with one attached hydrogen (secondary N) is 1. The molecule has 5 rings (SSSR count). The van der Waals surface area contributed by atoms with Crippen molar-refractivity contribution in [1.29, 1.82) is 0 Å². The molecule has 1 saturated heterocycles. The van der Waals surface area contributed by atoms with Gasteiger partial charge in [0.1, 0.15) is 5.82 Å². The highest BCUT2D eigenvalue weighted by Gasteiger charge is 2.20. The van der Waals surface area contributed by atoms with Gasteiger partial charge in [0.15, 0.2) is 5.65 Å². The van der Waals surface area contributed by atoms with Crippen LogP contribution in [-0.2, 0) is 11.3 Å². The van der Waals surface area contributed by atoms with E-state index in [-0.39, 0.29) is 6.10 Å². The zero-order chi connectivity index (χ0) is 22.8. The van der Waals surface area contributed by atoms with Crippen LogP contribution in [0.5, 0.6) is 0 Å². The number of nitrogen functional groups attached to an aromatic ring is 1. The molecule has 1 atom stereocenters. The van der Waals surface area contributed by atoms with Gasteiger partial charge in [-0.2, -0.15) is 4.98 Å². The third kappa shape index (κ3) is 4.54. The molecule has 0 unspecified atom stereocenters. The average Bonchev–Trinajstić information content (AvgIpc) is 3.46. The van der Waals surface area contributed by atoms with E-state index in [9.17, 15) is 0 Å². The minimum Gasteiger partial charge on any atom is -0.383 e. The summed E-state index contributed by atoms with van der Waals surface area (Å²) in [6.07, 6.45) is 2.34. The summed E-state index contributed by atoms with van der Waals surface area (Å²) in [4.78, 5) is 9.58. The SMILES string of the molecule is CC(C)c1ccc(-c2nc(NC[C@@H]3CCCO3)nc3nn(Cc4ccccc4)c(N)c23)cc1. The number of aromatic nitrogens is 4. The Balaban J connectivity index is 1.56. The maximum Gasteiger partial charge on any atom is 0.225 e. The number of fused-ring (bicyclic) bond motifs is 1. The smallest absolute Gasteiger partial charge is 0.225 e. The fourth-order valence-corrected chi connectivity index (χ4v) is 4.26. The topological polar surface area (TPSA) is 90.9 Å². The lowest BCUT2D eigenvalue weighted by Gasteiger charge is -2.12. The fourth-order valence-electron chi connectivity index (χ4n) is 4.26. The van der Waals surface area contributed by atoms with E-state index >= 15 is 0 Å². The Kier molecular flexibility index (Phi) is 5.96. The minimum atomic E-state index is 0.193. The van der Waals surface area contributed by atoms with Gasteiger partial charge in [0.05, 0.1) is 23.7 Å². The number of nitrogens with two attached hydrogens (primary N) is 1. The first-order chi connectivity index (χ1) is 16.1. The predicted octanol–water partition coefficient (Wildman–Crippen LogP) is 4.84. The largest absolute Gasteiger partial charge is 0.383 e. The Morgan fingerprint density at radius 1 is 1.09 bits per heavy atom. The van der Waals surface area contributed by atoms with Gasteiger partial charge in [-0.05, 0) is 29.9 Å². The number of ether oxygens (including phenoxy) is 1. The fraction of sp³-hybridized carbons (Fsp3) is 0.346. The summed E-state index contributed by atoms with van der Waals surface area (Å²) in [6.45, 7) is 6.46. The summed E-state index contributed by atoms with van der Waals surface area (Å²) in [5, 5.41) is 8.89. The van der Waals surface area contributed by atoms with Gasteiger partial charge < -0.3 is 15.8 Å². The normalized spacial score (nSPS) is 16.0. The Bertz CT molecular complexity index is 1230. The summed E-state index contributed by atoms with van der Waals surface area (Å²) >= 11 is 0. The minimum absolute atomic E-state index is 0.193. The van der Waals surface area contributed by atoms with E-state index in [2.05, 4.69) is 55.6 Å². The van der Waals surface area contributed by atoms with E-state index < -0.39 is 0 Å². The lowest BCUT2D eigenvalue weighted by molar-refractivity contribution is 0.120. The molecule has 3 N–H and O–H groups in total. The third-order valence-corrected chi connectivity index (χ3v) is 6.18. The van der Waals surface area contributed by atoms with Crippen LogP contribution in [0.1, 0.15) is 43.7 Å². The van der Waals surface area contributed by atoms with Crippen molar-refractivity contribution in [2.75, 3.05) is 24.2 Å². The van der Waals surface area contributed by atoms with E-state index in [1.165, 1.54) is 5.56 Å². The predicted molar refractivity (Wildman–Crippen MR) is 132 cm³/mol. The maximum absolute atomic E-state index is 6.61. The Morgan fingerprint density at radius 2 is 1.88 bits per heavy atom. The second-order valence-corrected chi connectivity index (χ2v) is 8.92. The van der Waals surface area contributed by atoms with Crippen molar-refractivity contribution in [2.45, 2.75) is 45.3 Å². The monoisotopic (exact) mass is 442 g/mol. The van der Waals surface area contributed by atoms with Crippen LogP contribution in [0.2, 0.25) is 0 Å². The number of nitrogens with zero attached hydrogens (tertiary/aromatic N) is 4. The molecule has 33 heavy (non-hydrogen) atoms. The number of benzene rings is 2.